The van der Waals surface area contributed by atoms with Crippen molar-refractivity contribution in [1.82, 2.24) is 10.2 Å². The van der Waals surface area contributed by atoms with Crippen LogP contribution in [0.2, 0.25) is 0 Å². The molecule has 21 heavy (non-hydrogen) atoms. The molecule has 3 N–H and O–H groups in total. The van der Waals surface area contributed by atoms with Crippen molar-refractivity contribution < 1.29 is 14.3 Å². The summed E-state index contributed by atoms with van der Waals surface area (Å²) in [6.45, 7) is 4.63. The van der Waals surface area contributed by atoms with Gasteiger partial charge >= 0.3 is 0 Å². The molecule has 0 fully saturated rings. The van der Waals surface area contributed by atoms with Gasteiger partial charge in [-0.05, 0) is 24.1 Å². The van der Waals surface area contributed by atoms with Crippen molar-refractivity contribution >= 4 is 17.5 Å². The van der Waals surface area contributed by atoms with Crippen LogP contribution in [0.3, 0.4) is 0 Å². The second kappa shape index (κ2) is 7.52. The number of nitrogens with one attached hydrogen (secondary N) is 1. The van der Waals surface area contributed by atoms with Crippen LogP contribution in [0.1, 0.15) is 24.2 Å². The number of anilines is 1. The molecular formula is C15H23N3O3. The fraction of sp³-hybridized carbons (Fsp3) is 0.467. The van der Waals surface area contributed by atoms with E-state index in [1.807, 2.05) is 13.8 Å². The van der Waals surface area contributed by atoms with E-state index in [1.165, 1.54) is 12.0 Å². The third-order valence-electron chi connectivity index (χ3n) is 2.92. The van der Waals surface area contributed by atoms with Gasteiger partial charge < -0.3 is 20.7 Å². The molecule has 0 unspecified atom stereocenters. The molecular weight excluding hydrogens is 270 g/mol. The van der Waals surface area contributed by atoms with Crippen molar-refractivity contribution in [3.8, 4) is 5.75 Å². The summed E-state index contributed by atoms with van der Waals surface area (Å²) in [6, 6.07) is 4.79. The van der Waals surface area contributed by atoms with E-state index in [9.17, 15) is 9.59 Å². The number of amides is 2. The molecule has 0 aliphatic carbocycles. The molecule has 0 saturated heterocycles. The molecule has 1 rings (SSSR count). The predicted octanol–water partition coefficient (Wildman–Crippen LogP) is 1.12. The van der Waals surface area contributed by atoms with Crippen molar-refractivity contribution in [1.29, 1.82) is 0 Å². The van der Waals surface area contributed by atoms with Gasteiger partial charge in [0, 0.05) is 19.2 Å². The van der Waals surface area contributed by atoms with Crippen LogP contribution in [0.15, 0.2) is 18.2 Å². The molecule has 0 saturated carbocycles. The summed E-state index contributed by atoms with van der Waals surface area (Å²) in [4.78, 5) is 25.3. The minimum atomic E-state index is -0.256. The van der Waals surface area contributed by atoms with E-state index in [-0.39, 0.29) is 18.4 Å². The monoisotopic (exact) mass is 293 g/mol. The molecule has 0 heterocycles. The largest absolute Gasteiger partial charge is 0.495 e. The summed E-state index contributed by atoms with van der Waals surface area (Å²) in [6.07, 6.45) is 0. The molecule has 1 aromatic carbocycles. The smallest absolute Gasteiger partial charge is 0.254 e. The second-order valence-electron chi connectivity index (χ2n) is 5.32. The van der Waals surface area contributed by atoms with Crippen LogP contribution >= 0.6 is 0 Å². The third kappa shape index (κ3) is 4.98. The minimum absolute atomic E-state index is 0.0121. The number of carbonyl (C=O) groups is 2. The van der Waals surface area contributed by atoms with Gasteiger partial charge in [0.15, 0.2) is 0 Å². The van der Waals surface area contributed by atoms with Gasteiger partial charge in [-0.3, -0.25) is 9.59 Å². The number of likely N-dealkylation sites (N-methyl/N-ethyl adjacent to an activating group) is 1. The summed E-state index contributed by atoms with van der Waals surface area (Å²) >= 11 is 0. The first-order valence-electron chi connectivity index (χ1n) is 6.80. The van der Waals surface area contributed by atoms with E-state index >= 15 is 0 Å². The SMILES string of the molecule is COc1cc(C(=O)N(C)CC(=O)NCC(C)C)ccc1N. The zero-order chi connectivity index (χ0) is 16.0. The Balaban J connectivity index is 2.68. The normalized spacial score (nSPS) is 10.3. The number of benzene rings is 1. The lowest BCUT2D eigenvalue weighted by Crippen LogP contribution is -2.39. The maximum atomic E-state index is 12.2. The average molecular weight is 293 g/mol. The molecule has 0 aliphatic rings. The first-order chi connectivity index (χ1) is 9.85. The minimum Gasteiger partial charge on any atom is -0.495 e. The van der Waals surface area contributed by atoms with Crippen LogP contribution < -0.4 is 15.8 Å². The summed E-state index contributed by atoms with van der Waals surface area (Å²) < 4.78 is 5.09. The number of methoxy groups -OCH3 is 1. The van der Waals surface area contributed by atoms with Gasteiger partial charge in [0.1, 0.15) is 5.75 Å². The number of nitrogen functional groups attached to an aromatic ring is 1. The molecule has 0 atom stereocenters. The van der Waals surface area contributed by atoms with Gasteiger partial charge in [0.2, 0.25) is 5.91 Å². The molecule has 2 amide bonds. The predicted molar refractivity (Wildman–Crippen MR) is 82.2 cm³/mol. The molecule has 0 bridgehead atoms. The number of ether oxygens (including phenoxy) is 1. The van der Waals surface area contributed by atoms with Gasteiger partial charge in [-0.25, -0.2) is 0 Å². The fourth-order valence-corrected chi connectivity index (χ4v) is 1.73. The number of hydrogen-bond donors (Lipinski definition) is 2. The zero-order valence-electron chi connectivity index (χ0n) is 13.0. The maximum absolute atomic E-state index is 12.2. The molecule has 6 heteroatoms. The summed E-state index contributed by atoms with van der Waals surface area (Å²) in [5.41, 5.74) is 6.61. The topological polar surface area (TPSA) is 84.7 Å². The van der Waals surface area contributed by atoms with E-state index in [4.69, 9.17) is 10.5 Å². The molecule has 0 aliphatic heterocycles. The van der Waals surface area contributed by atoms with Gasteiger partial charge in [-0.15, -0.1) is 0 Å². The van der Waals surface area contributed by atoms with Crippen molar-refractivity contribution in [2.24, 2.45) is 5.92 Å². The quantitative estimate of drug-likeness (QED) is 0.770. The van der Waals surface area contributed by atoms with Crippen LogP contribution in [0.25, 0.3) is 0 Å². The van der Waals surface area contributed by atoms with E-state index in [0.717, 1.165) is 0 Å². The number of nitrogens with zero attached hydrogens (tertiary/aromatic N) is 1. The summed E-state index contributed by atoms with van der Waals surface area (Å²) in [7, 11) is 3.07. The van der Waals surface area contributed by atoms with E-state index in [2.05, 4.69) is 5.32 Å². The molecule has 0 aromatic heterocycles. The number of rotatable bonds is 6. The first-order valence-corrected chi connectivity index (χ1v) is 6.80. The van der Waals surface area contributed by atoms with Crippen LogP contribution in [-0.4, -0.2) is 44.0 Å². The van der Waals surface area contributed by atoms with Crippen LogP contribution in [0.4, 0.5) is 5.69 Å². The third-order valence-corrected chi connectivity index (χ3v) is 2.92. The van der Waals surface area contributed by atoms with Crippen molar-refractivity contribution in [3.05, 3.63) is 23.8 Å². The molecule has 1 aromatic rings. The van der Waals surface area contributed by atoms with E-state index < -0.39 is 0 Å². The first kappa shape index (κ1) is 16.8. The summed E-state index contributed by atoms with van der Waals surface area (Å²) in [5.74, 6) is 0.379. The second-order valence-corrected chi connectivity index (χ2v) is 5.32. The fourth-order valence-electron chi connectivity index (χ4n) is 1.73. The Bertz CT molecular complexity index is 515. The summed E-state index contributed by atoms with van der Waals surface area (Å²) in [5, 5.41) is 2.77. The van der Waals surface area contributed by atoms with Crippen molar-refractivity contribution in [2.75, 3.05) is 33.0 Å². The lowest BCUT2D eigenvalue weighted by molar-refractivity contribution is -0.121. The highest BCUT2D eigenvalue weighted by atomic mass is 16.5. The highest BCUT2D eigenvalue weighted by molar-refractivity contribution is 5.97. The van der Waals surface area contributed by atoms with E-state index in [0.29, 0.717) is 29.5 Å². The van der Waals surface area contributed by atoms with Crippen molar-refractivity contribution in [2.45, 2.75) is 13.8 Å². The van der Waals surface area contributed by atoms with Gasteiger partial charge in [-0.2, -0.15) is 0 Å². The molecule has 0 spiro atoms. The lowest BCUT2D eigenvalue weighted by Gasteiger charge is -2.18. The molecule has 0 radical (unpaired) electrons. The van der Waals surface area contributed by atoms with Gasteiger partial charge in [0.05, 0.1) is 19.3 Å². The van der Waals surface area contributed by atoms with Gasteiger partial charge in [0.25, 0.3) is 5.91 Å². The Kier molecular flexibility index (Phi) is 6.02. The number of nitrogens with two attached hydrogens (primary N) is 1. The van der Waals surface area contributed by atoms with Crippen LogP contribution in [-0.2, 0) is 4.79 Å². The maximum Gasteiger partial charge on any atom is 0.254 e. The number of hydrogen-bond acceptors (Lipinski definition) is 4. The standard InChI is InChI=1S/C15H23N3O3/c1-10(2)8-17-14(19)9-18(3)15(20)11-5-6-12(16)13(7-11)21-4/h5-7,10H,8-9,16H2,1-4H3,(H,17,19). The van der Waals surface area contributed by atoms with Crippen LogP contribution in [0, 0.1) is 5.92 Å². The Morgan fingerprint density at radius 2 is 2.05 bits per heavy atom. The zero-order valence-corrected chi connectivity index (χ0v) is 13.0. The van der Waals surface area contributed by atoms with Gasteiger partial charge in [-0.1, -0.05) is 13.8 Å². The number of carbonyl (C=O) groups excluding carboxylic acids is 2. The highest BCUT2D eigenvalue weighted by Crippen LogP contribution is 2.22. The molecule has 116 valence electrons. The Labute approximate surface area is 125 Å². The van der Waals surface area contributed by atoms with Crippen molar-refractivity contribution in [3.63, 3.8) is 0 Å². The average Bonchev–Trinajstić information content (AvgIpc) is 2.44. The highest BCUT2D eigenvalue weighted by Gasteiger charge is 2.16. The Morgan fingerprint density at radius 1 is 1.38 bits per heavy atom. The lowest BCUT2D eigenvalue weighted by atomic mass is 10.1. The molecule has 6 nitrogen and oxygen atoms in total. The Hall–Kier alpha value is -2.24. The van der Waals surface area contributed by atoms with E-state index in [1.54, 1.807) is 25.2 Å². The Morgan fingerprint density at radius 3 is 2.62 bits per heavy atom. The van der Waals surface area contributed by atoms with Crippen LogP contribution in [0.5, 0.6) is 5.75 Å².